The summed E-state index contributed by atoms with van der Waals surface area (Å²) in [4.78, 5) is 1.86. The maximum atomic E-state index is 9.70. The van der Waals surface area contributed by atoms with Crippen LogP contribution in [0.5, 0.6) is 0 Å². The summed E-state index contributed by atoms with van der Waals surface area (Å²) in [7, 11) is 0. The fourth-order valence-corrected chi connectivity index (χ4v) is 1.45. The Labute approximate surface area is 101 Å². The van der Waals surface area contributed by atoms with Gasteiger partial charge in [0, 0.05) is 6.54 Å². The molecular weight excluding hydrogens is 220 g/mol. The van der Waals surface area contributed by atoms with Crippen molar-refractivity contribution in [1.29, 1.82) is 5.26 Å². The number of hydrogen-bond donors (Lipinski definition) is 1. The average Bonchev–Trinajstić information content (AvgIpc) is 2.81. The van der Waals surface area contributed by atoms with E-state index in [1.54, 1.807) is 12.3 Å². The Balaban J connectivity index is 2.16. The van der Waals surface area contributed by atoms with Gasteiger partial charge in [0.05, 0.1) is 31.6 Å². The molecule has 0 bridgehead atoms. The Kier molecular flexibility index (Phi) is 6.33. The Morgan fingerprint density at radius 2 is 2.47 bits per heavy atom. The number of furan rings is 1. The molecule has 1 rings (SSSR count). The van der Waals surface area contributed by atoms with Crippen LogP contribution in [0.1, 0.15) is 12.7 Å². The molecule has 1 heterocycles. The van der Waals surface area contributed by atoms with Crippen molar-refractivity contribution in [2.45, 2.75) is 19.6 Å². The SMILES string of the molecule is CCN(CC#N)CC(O)COCc1ccco1. The van der Waals surface area contributed by atoms with Gasteiger partial charge in [-0.25, -0.2) is 0 Å². The number of likely N-dealkylation sites (N-methyl/N-ethyl adjacent to an activating group) is 1. The smallest absolute Gasteiger partial charge is 0.129 e. The van der Waals surface area contributed by atoms with Gasteiger partial charge >= 0.3 is 0 Å². The van der Waals surface area contributed by atoms with Crippen LogP contribution in [0, 0.1) is 11.3 Å². The number of ether oxygens (including phenoxy) is 1. The van der Waals surface area contributed by atoms with E-state index in [9.17, 15) is 5.11 Å². The number of nitrogens with zero attached hydrogens (tertiary/aromatic N) is 2. The first-order chi connectivity index (χ1) is 8.26. The molecule has 5 nitrogen and oxygen atoms in total. The second-order valence-electron chi connectivity index (χ2n) is 3.73. The van der Waals surface area contributed by atoms with Gasteiger partial charge in [0.15, 0.2) is 0 Å². The van der Waals surface area contributed by atoms with Crippen molar-refractivity contribution in [2.24, 2.45) is 0 Å². The topological polar surface area (TPSA) is 69.6 Å². The van der Waals surface area contributed by atoms with Crippen LogP contribution in [0.25, 0.3) is 0 Å². The predicted octanol–water partition coefficient (Wildman–Crippen LogP) is 1.00. The quantitative estimate of drug-likeness (QED) is 0.684. The molecule has 1 aromatic heterocycles. The molecule has 17 heavy (non-hydrogen) atoms. The minimum Gasteiger partial charge on any atom is -0.467 e. The Morgan fingerprint density at radius 1 is 1.65 bits per heavy atom. The lowest BCUT2D eigenvalue weighted by molar-refractivity contribution is 0.00756. The third-order valence-electron chi connectivity index (χ3n) is 2.35. The van der Waals surface area contributed by atoms with Gasteiger partial charge < -0.3 is 14.3 Å². The summed E-state index contributed by atoms with van der Waals surface area (Å²) in [6.45, 7) is 4.06. The molecule has 0 saturated carbocycles. The van der Waals surface area contributed by atoms with E-state index in [1.807, 2.05) is 17.9 Å². The largest absolute Gasteiger partial charge is 0.467 e. The van der Waals surface area contributed by atoms with Crippen molar-refractivity contribution >= 4 is 0 Å². The van der Waals surface area contributed by atoms with Crippen molar-refractivity contribution in [3.05, 3.63) is 24.2 Å². The molecule has 0 saturated heterocycles. The molecule has 1 N–H and O–H groups in total. The van der Waals surface area contributed by atoms with Gasteiger partial charge in [0.1, 0.15) is 12.4 Å². The number of hydrogen-bond acceptors (Lipinski definition) is 5. The first-order valence-corrected chi connectivity index (χ1v) is 5.63. The summed E-state index contributed by atoms with van der Waals surface area (Å²) in [5, 5.41) is 18.3. The highest BCUT2D eigenvalue weighted by molar-refractivity contribution is 4.96. The standard InChI is InChI=1S/C12H18N2O3/c1-2-14(6-5-13)8-11(15)9-16-10-12-4-3-7-17-12/h3-4,7,11,15H,2,6,8-10H2,1H3. The molecule has 0 aromatic carbocycles. The van der Waals surface area contributed by atoms with Crippen molar-refractivity contribution in [3.8, 4) is 6.07 Å². The molecule has 1 aromatic rings. The third kappa shape index (κ3) is 5.50. The number of aliphatic hydroxyl groups is 1. The van der Waals surface area contributed by atoms with E-state index in [1.165, 1.54) is 0 Å². The van der Waals surface area contributed by atoms with Gasteiger partial charge in [0.2, 0.25) is 0 Å². The number of nitriles is 1. The van der Waals surface area contributed by atoms with E-state index in [4.69, 9.17) is 14.4 Å². The van der Waals surface area contributed by atoms with Gasteiger partial charge in [-0.1, -0.05) is 6.92 Å². The minimum absolute atomic E-state index is 0.239. The molecule has 0 amide bonds. The number of aliphatic hydroxyl groups excluding tert-OH is 1. The lowest BCUT2D eigenvalue weighted by Crippen LogP contribution is -2.35. The maximum absolute atomic E-state index is 9.70. The minimum atomic E-state index is -0.585. The molecule has 0 spiro atoms. The lowest BCUT2D eigenvalue weighted by Gasteiger charge is -2.20. The zero-order valence-corrected chi connectivity index (χ0v) is 10.0. The summed E-state index contributed by atoms with van der Waals surface area (Å²) < 4.78 is 10.4. The van der Waals surface area contributed by atoms with E-state index in [2.05, 4.69) is 6.07 Å². The molecule has 5 heteroatoms. The molecular formula is C12H18N2O3. The van der Waals surface area contributed by atoms with Crippen LogP contribution < -0.4 is 0 Å². The zero-order chi connectivity index (χ0) is 12.5. The first-order valence-electron chi connectivity index (χ1n) is 5.63. The van der Waals surface area contributed by atoms with Crippen LogP contribution >= 0.6 is 0 Å². The third-order valence-corrected chi connectivity index (χ3v) is 2.35. The van der Waals surface area contributed by atoms with Crippen LogP contribution in [0.2, 0.25) is 0 Å². The van der Waals surface area contributed by atoms with Crippen LogP contribution in [0.15, 0.2) is 22.8 Å². The summed E-state index contributed by atoms with van der Waals surface area (Å²) >= 11 is 0. The van der Waals surface area contributed by atoms with Crippen molar-refractivity contribution in [2.75, 3.05) is 26.2 Å². The Hall–Kier alpha value is -1.35. The van der Waals surface area contributed by atoms with E-state index in [-0.39, 0.29) is 6.61 Å². The highest BCUT2D eigenvalue weighted by Crippen LogP contribution is 2.02. The van der Waals surface area contributed by atoms with Gasteiger partial charge in [-0.15, -0.1) is 0 Å². The van der Waals surface area contributed by atoms with E-state index in [0.29, 0.717) is 19.7 Å². The monoisotopic (exact) mass is 238 g/mol. The first kappa shape index (κ1) is 13.7. The van der Waals surface area contributed by atoms with Crippen LogP contribution in [-0.4, -0.2) is 42.4 Å². The predicted molar refractivity (Wildman–Crippen MR) is 62.1 cm³/mol. The van der Waals surface area contributed by atoms with Gasteiger partial charge in [-0.3, -0.25) is 4.90 Å². The fraction of sp³-hybridized carbons (Fsp3) is 0.583. The maximum Gasteiger partial charge on any atom is 0.129 e. The highest BCUT2D eigenvalue weighted by Gasteiger charge is 2.10. The van der Waals surface area contributed by atoms with Gasteiger partial charge in [-0.2, -0.15) is 5.26 Å². The molecule has 0 aliphatic heterocycles. The molecule has 1 atom stereocenters. The molecule has 0 aliphatic carbocycles. The van der Waals surface area contributed by atoms with E-state index < -0.39 is 6.10 Å². The van der Waals surface area contributed by atoms with Gasteiger partial charge in [-0.05, 0) is 18.7 Å². The lowest BCUT2D eigenvalue weighted by atomic mass is 10.3. The summed E-state index contributed by atoms with van der Waals surface area (Å²) in [5.41, 5.74) is 0. The zero-order valence-electron chi connectivity index (χ0n) is 10.0. The highest BCUT2D eigenvalue weighted by atomic mass is 16.5. The average molecular weight is 238 g/mol. The van der Waals surface area contributed by atoms with Crippen LogP contribution in [-0.2, 0) is 11.3 Å². The second-order valence-corrected chi connectivity index (χ2v) is 3.73. The molecule has 0 fully saturated rings. The Morgan fingerprint density at radius 3 is 3.06 bits per heavy atom. The van der Waals surface area contributed by atoms with Crippen LogP contribution in [0.4, 0.5) is 0 Å². The molecule has 94 valence electrons. The van der Waals surface area contributed by atoms with Crippen molar-refractivity contribution in [3.63, 3.8) is 0 Å². The van der Waals surface area contributed by atoms with Crippen LogP contribution in [0.3, 0.4) is 0 Å². The van der Waals surface area contributed by atoms with E-state index >= 15 is 0 Å². The molecule has 0 aliphatic rings. The molecule has 0 radical (unpaired) electrons. The summed E-state index contributed by atoms with van der Waals surface area (Å²) in [5.74, 6) is 0.738. The normalized spacial score (nSPS) is 12.6. The Bertz CT molecular complexity index is 332. The summed E-state index contributed by atoms with van der Waals surface area (Å²) in [6, 6.07) is 5.67. The van der Waals surface area contributed by atoms with Gasteiger partial charge in [0.25, 0.3) is 0 Å². The van der Waals surface area contributed by atoms with Crippen molar-refractivity contribution < 1.29 is 14.3 Å². The second kappa shape index (κ2) is 7.85. The molecule has 1 unspecified atom stereocenters. The van der Waals surface area contributed by atoms with Crippen molar-refractivity contribution in [1.82, 2.24) is 4.90 Å². The number of rotatable bonds is 8. The summed E-state index contributed by atoms with van der Waals surface area (Å²) in [6.07, 6.45) is 0.999. The fourth-order valence-electron chi connectivity index (χ4n) is 1.45. The van der Waals surface area contributed by atoms with E-state index in [0.717, 1.165) is 12.3 Å².